The molecule has 0 rings (SSSR count). The Morgan fingerprint density at radius 1 is 1.62 bits per heavy atom. The van der Waals surface area contributed by atoms with E-state index in [1.165, 1.54) is 12.0 Å². The van der Waals surface area contributed by atoms with Crippen molar-refractivity contribution in [3.8, 4) is 0 Å². The summed E-state index contributed by atoms with van der Waals surface area (Å²) in [4.78, 5) is 0. The van der Waals surface area contributed by atoms with Crippen molar-refractivity contribution in [2.45, 2.75) is 34.1 Å². The lowest BCUT2D eigenvalue weighted by Gasteiger charge is -2.05. The van der Waals surface area contributed by atoms with E-state index in [0.29, 0.717) is 0 Å². The number of rotatable bonds is 2. The summed E-state index contributed by atoms with van der Waals surface area (Å²) in [5.41, 5.74) is 1.38. The van der Waals surface area contributed by atoms with Crippen molar-refractivity contribution in [2.24, 2.45) is 5.92 Å². The number of hydrogen-bond donors (Lipinski definition) is 0. The van der Waals surface area contributed by atoms with Crippen LogP contribution in [0.1, 0.15) is 34.1 Å². The van der Waals surface area contributed by atoms with Crippen LogP contribution in [0.3, 0.4) is 0 Å². The molecule has 0 aromatic heterocycles. The van der Waals surface area contributed by atoms with Crippen LogP contribution in [0.25, 0.3) is 0 Å². The summed E-state index contributed by atoms with van der Waals surface area (Å²) in [6, 6.07) is 0. The van der Waals surface area contributed by atoms with Gasteiger partial charge in [0, 0.05) is 0 Å². The minimum absolute atomic E-state index is 0.722. The molecule has 0 N–H and O–H groups in total. The maximum absolute atomic E-state index is 3.13. The van der Waals surface area contributed by atoms with Crippen molar-refractivity contribution < 1.29 is 0 Å². The maximum atomic E-state index is 3.13. The standard InChI is InChI=1S/C8H15/c1-5-7(3)8(4)6-2/h7H,5H2,1-4H3. The van der Waals surface area contributed by atoms with Crippen molar-refractivity contribution in [3.63, 3.8) is 0 Å². The summed E-state index contributed by atoms with van der Waals surface area (Å²) >= 11 is 0. The van der Waals surface area contributed by atoms with E-state index in [9.17, 15) is 0 Å². The SMILES string of the molecule is C/[C]=C(\C)C(C)CC. The predicted octanol–water partition coefficient (Wildman–Crippen LogP) is 2.80. The van der Waals surface area contributed by atoms with Gasteiger partial charge < -0.3 is 0 Å². The monoisotopic (exact) mass is 111 g/mol. The molecule has 0 aliphatic heterocycles. The zero-order valence-electron chi connectivity index (χ0n) is 6.28. The molecule has 1 unspecified atom stereocenters. The van der Waals surface area contributed by atoms with Gasteiger partial charge in [-0.1, -0.05) is 19.4 Å². The van der Waals surface area contributed by atoms with Gasteiger partial charge in [-0.2, -0.15) is 0 Å². The van der Waals surface area contributed by atoms with E-state index in [4.69, 9.17) is 0 Å². The van der Waals surface area contributed by atoms with Crippen LogP contribution in [-0.4, -0.2) is 0 Å². The van der Waals surface area contributed by atoms with Crippen LogP contribution < -0.4 is 0 Å². The van der Waals surface area contributed by atoms with Gasteiger partial charge in [0.1, 0.15) is 0 Å². The smallest absolute Gasteiger partial charge is 0.0231 e. The molecular formula is C8H15. The summed E-state index contributed by atoms with van der Waals surface area (Å²) in [6.07, 6.45) is 4.36. The average Bonchev–Trinajstić information content (AvgIpc) is 1.84. The Bertz CT molecular complexity index is 80.0. The number of allylic oxidation sites excluding steroid dienone is 2. The lowest BCUT2D eigenvalue weighted by molar-refractivity contribution is 0.651. The molecule has 0 nitrogen and oxygen atoms in total. The van der Waals surface area contributed by atoms with Crippen LogP contribution in [0.2, 0.25) is 0 Å². The van der Waals surface area contributed by atoms with E-state index < -0.39 is 0 Å². The third-order valence-corrected chi connectivity index (χ3v) is 1.75. The second-order valence-electron chi connectivity index (χ2n) is 2.24. The highest BCUT2D eigenvalue weighted by molar-refractivity contribution is 4.94. The van der Waals surface area contributed by atoms with Crippen LogP contribution in [0.15, 0.2) is 5.57 Å². The zero-order valence-corrected chi connectivity index (χ0v) is 6.28. The quantitative estimate of drug-likeness (QED) is 0.514. The molecule has 0 aliphatic carbocycles. The normalized spacial score (nSPS) is 16.2. The van der Waals surface area contributed by atoms with Gasteiger partial charge in [0.15, 0.2) is 0 Å². The first kappa shape index (κ1) is 7.74. The molecule has 0 heteroatoms. The Balaban J connectivity index is 3.63. The second kappa shape index (κ2) is 3.71. The highest BCUT2D eigenvalue weighted by Crippen LogP contribution is 2.11. The molecule has 0 saturated heterocycles. The van der Waals surface area contributed by atoms with E-state index in [0.717, 1.165) is 5.92 Å². The van der Waals surface area contributed by atoms with Crippen molar-refractivity contribution in [1.29, 1.82) is 0 Å². The minimum Gasteiger partial charge on any atom is -0.0673 e. The fraction of sp³-hybridized carbons (Fsp3) is 0.750. The molecule has 0 aromatic rings. The van der Waals surface area contributed by atoms with Crippen LogP contribution in [0, 0.1) is 12.0 Å². The molecule has 0 spiro atoms. The van der Waals surface area contributed by atoms with E-state index >= 15 is 0 Å². The fourth-order valence-electron chi connectivity index (χ4n) is 0.553. The lowest BCUT2D eigenvalue weighted by atomic mass is 10.0. The molecule has 0 aromatic carbocycles. The topological polar surface area (TPSA) is 0 Å². The molecule has 1 radical (unpaired) electrons. The number of hydrogen-bond acceptors (Lipinski definition) is 0. The average molecular weight is 111 g/mol. The van der Waals surface area contributed by atoms with Crippen molar-refractivity contribution >= 4 is 0 Å². The van der Waals surface area contributed by atoms with Gasteiger partial charge in [-0.3, -0.25) is 0 Å². The lowest BCUT2D eigenvalue weighted by Crippen LogP contribution is -1.92. The Hall–Kier alpha value is -0.260. The first-order chi connectivity index (χ1) is 3.72. The van der Waals surface area contributed by atoms with Crippen LogP contribution in [0.4, 0.5) is 0 Å². The predicted molar refractivity (Wildman–Crippen MR) is 37.6 cm³/mol. The summed E-state index contributed by atoms with van der Waals surface area (Å²) in [5.74, 6) is 0.722. The molecule has 0 amide bonds. The van der Waals surface area contributed by atoms with Crippen molar-refractivity contribution in [1.82, 2.24) is 0 Å². The molecule has 47 valence electrons. The largest absolute Gasteiger partial charge is 0.0673 e. The van der Waals surface area contributed by atoms with Gasteiger partial charge in [-0.05, 0) is 32.3 Å². The molecule has 8 heavy (non-hydrogen) atoms. The Labute approximate surface area is 52.6 Å². The third kappa shape index (κ3) is 2.15. The van der Waals surface area contributed by atoms with Crippen LogP contribution in [0.5, 0.6) is 0 Å². The highest BCUT2D eigenvalue weighted by atomic mass is 14.0. The molecule has 0 saturated carbocycles. The van der Waals surface area contributed by atoms with Gasteiger partial charge >= 0.3 is 0 Å². The van der Waals surface area contributed by atoms with Gasteiger partial charge in [0.05, 0.1) is 0 Å². The maximum Gasteiger partial charge on any atom is -0.0231 e. The highest BCUT2D eigenvalue weighted by Gasteiger charge is 1.97. The molecular weight excluding hydrogens is 96.1 g/mol. The first-order valence-electron chi connectivity index (χ1n) is 3.23. The Morgan fingerprint density at radius 3 is 2.25 bits per heavy atom. The van der Waals surface area contributed by atoms with Crippen molar-refractivity contribution in [3.05, 3.63) is 11.6 Å². The molecule has 0 heterocycles. The van der Waals surface area contributed by atoms with Gasteiger partial charge in [0.2, 0.25) is 0 Å². The van der Waals surface area contributed by atoms with E-state index in [1.54, 1.807) is 0 Å². The van der Waals surface area contributed by atoms with E-state index in [1.807, 2.05) is 6.92 Å². The summed E-state index contributed by atoms with van der Waals surface area (Å²) in [5, 5.41) is 0. The first-order valence-corrected chi connectivity index (χ1v) is 3.23. The Kier molecular flexibility index (Phi) is 3.59. The summed E-state index contributed by atoms with van der Waals surface area (Å²) in [7, 11) is 0. The van der Waals surface area contributed by atoms with Gasteiger partial charge in [-0.15, -0.1) is 0 Å². The Morgan fingerprint density at radius 2 is 2.12 bits per heavy atom. The van der Waals surface area contributed by atoms with E-state index in [2.05, 4.69) is 26.8 Å². The van der Waals surface area contributed by atoms with E-state index in [-0.39, 0.29) is 0 Å². The van der Waals surface area contributed by atoms with Gasteiger partial charge in [-0.25, -0.2) is 0 Å². The molecule has 0 aliphatic rings. The van der Waals surface area contributed by atoms with Crippen molar-refractivity contribution in [2.75, 3.05) is 0 Å². The van der Waals surface area contributed by atoms with Crippen LogP contribution >= 0.6 is 0 Å². The van der Waals surface area contributed by atoms with Gasteiger partial charge in [0.25, 0.3) is 0 Å². The van der Waals surface area contributed by atoms with Crippen LogP contribution in [-0.2, 0) is 0 Å². The second-order valence-corrected chi connectivity index (χ2v) is 2.24. The fourth-order valence-corrected chi connectivity index (χ4v) is 0.553. The zero-order chi connectivity index (χ0) is 6.57. The molecule has 1 atom stereocenters. The summed E-state index contributed by atoms with van der Waals surface area (Å²) < 4.78 is 0. The minimum atomic E-state index is 0.722. The molecule has 0 bridgehead atoms. The third-order valence-electron chi connectivity index (χ3n) is 1.75. The summed E-state index contributed by atoms with van der Waals surface area (Å²) in [6.45, 7) is 8.53. The molecule has 0 fully saturated rings.